The molecule has 29 heavy (non-hydrogen) atoms. The Labute approximate surface area is 160 Å². The lowest BCUT2D eigenvalue weighted by molar-refractivity contribution is -0.161. The van der Waals surface area contributed by atoms with Gasteiger partial charge in [-0.3, -0.25) is 4.79 Å². The van der Waals surface area contributed by atoms with E-state index in [9.17, 15) is 35.9 Å². The smallest absolute Gasteiger partial charge is 0.333 e. The van der Waals surface area contributed by atoms with E-state index in [0.717, 1.165) is 7.05 Å². The maximum Gasteiger partial charge on any atom is 0.369 e. The van der Waals surface area contributed by atoms with Crippen LogP contribution in [0.25, 0.3) is 5.57 Å². The second kappa shape index (κ2) is 8.80. The summed E-state index contributed by atoms with van der Waals surface area (Å²) in [5.41, 5.74) is -0.810. The van der Waals surface area contributed by atoms with Crippen molar-refractivity contribution in [3.8, 4) is 0 Å². The number of hydroxylamine groups is 2. The van der Waals surface area contributed by atoms with Crippen LogP contribution in [0, 0.1) is 34.9 Å². The Bertz CT molecular complexity index is 946. The van der Waals surface area contributed by atoms with Crippen molar-refractivity contribution >= 4 is 17.4 Å². The van der Waals surface area contributed by atoms with E-state index in [-0.39, 0.29) is 12.8 Å². The maximum absolute atomic E-state index is 13.6. The third kappa shape index (κ3) is 4.76. The number of rotatable bonds is 5. The van der Waals surface area contributed by atoms with Crippen molar-refractivity contribution in [3.05, 3.63) is 76.9 Å². The number of benzene rings is 2. The van der Waals surface area contributed by atoms with Crippen LogP contribution in [0.2, 0.25) is 0 Å². The number of hydrogen-bond donors (Lipinski definition) is 0. The molecule has 0 aliphatic carbocycles. The van der Waals surface area contributed by atoms with E-state index in [2.05, 4.69) is 11.4 Å². The molecule has 154 valence electrons. The molecule has 0 radical (unpaired) electrons. The highest BCUT2D eigenvalue weighted by molar-refractivity contribution is 5.91. The van der Waals surface area contributed by atoms with Crippen molar-refractivity contribution in [1.82, 2.24) is 5.06 Å². The second-order valence-electron chi connectivity index (χ2n) is 5.83. The normalized spacial score (nSPS) is 10.6. The highest BCUT2D eigenvalue weighted by Crippen LogP contribution is 2.24. The molecule has 0 aromatic heterocycles. The van der Waals surface area contributed by atoms with Gasteiger partial charge in [-0.25, -0.2) is 31.1 Å². The van der Waals surface area contributed by atoms with Crippen LogP contribution in [0.5, 0.6) is 0 Å². The van der Waals surface area contributed by atoms with E-state index in [4.69, 9.17) is 0 Å². The fourth-order valence-electron chi connectivity index (χ4n) is 2.25. The first-order valence-electron chi connectivity index (χ1n) is 7.98. The minimum atomic E-state index is -2.43. The molecular formula is C19H13F6NO3. The number of hydrogen-bond acceptors (Lipinski definition) is 3. The number of allylic oxidation sites excluding steroid dienone is 1. The molecular weight excluding hydrogens is 404 g/mol. The van der Waals surface area contributed by atoms with Crippen LogP contribution in [-0.4, -0.2) is 24.0 Å². The summed E-state index contributed by atoms with van der Waals surface area (Å²) >= 11 is 0. The van der Waals surface area contributed by atoms with Crippen LogP contribution >= 0.6 is 0 Å². The predicted molar refractivity (Wildman–Crippen MR) is 89.1 cm³/mol. The average Bonchev–Trinajstić information content (AvgIpc) is 2.69. The van der Waals surface area contributed by atoms with Crippen molar-refractivity contribution in [2.75, 3.05) is 7.05 Å². The molecule has 0 bridgehead atoms. The van der Waals surface area contributed by atoms with Gasteiger partial charge in [0.2, 0.25) is 5.82 Å². The Morgan fingerprint density at radius 1 is 0.862 bits per heavy atom. The van der Waals surface area contributed by atoms with Crippen molar-refractivity contribution < 1.29 is 40.8 Å². The Morgan fingerprint density at radius 2 is 1.34 bits per heavy atom. The number of nitrogens with zero attached hydrogens (tertiary/aromatic N) is 1. The minimum absolute atomic E-state index is 0.0644. The van der Waals surface area contributed by atoms with Gasteiger partial charge in [-0.1, -0.05) is 18.7 Å². The molecule has 0 aliphatic rings. The molecule has 0 saturated carbocycles. The molecule has 10 heteroatoms. The summed E-state index contributed by atoms with van der Waals surface area (Å²) in [6.45, 7) is 3.73. The van der Waals surface area contributed by atoms with Crippen molar-refractivity contribution in [1.29, 1.82) is 0 Å². The van der Waals surface area contributed by atoms with Crippen LogP contribution < -0.4 is 0 Å². The molecule has 0 N–H and O–H groups in total. The van der Waals surface area contributed by atoms with E-state index in [1.54, 1.807) is 0 Å². The van der Waals surface area contributed by atoms with Crippen molar-refractivity contribution in [2.24, 2.45) is 0 Å². The molecule has 0 heterocycles. The van der Waals surface area contributed by atoms with Crippen LogP contribution in [0.1, 0.15) is 28.8 Å². The van der Waals surface area contributed by atoms with Gasteiger partial charge in [-0.15, -0.1) is 0 Å². The Balaban J connectivity index is 2.03. The van der Waals surface area contributed by atoms with Gasteiger partial charge in [-0.05, 0) is 29.7 Å². The molecule has 2 aromatic carbocycles. The maximum atomic E-state index is 13.6. The van der Waals surface area contributed by atoms with Gasteiger partial charge in [0.25, 0.3) is 5.91 Å². The summed E-state index contributed by atoms with van der Waals surface area (Å²) in [4.78, 5) is 28.2. The standard InChI is InChI=1S/C19H13F6NO3/c1-9(10-4-6-11(20)7-5-10)3-8-12(27)26(2)29-19(28)13-14(21)16(23)18(25)17(24)15(13)22/h4-7H,1,3,8H2,2H3. The highest BCUT2D eigenvalue weighted by Gasteiger charge is 2.32. The third-order valence-electron chi connectivity index (χ3n) is 3.88. The molecule has 1 amide bonds. The molecule has 0 aliphatic heterocycles. The molecule has 2 aromatic rings. The summed E-state index contributed by atoms with van der Waals surface area (Å²) in [6, 6.07) is 5.27. The van der Waals surface area contributed by atoms with Gasteiger partial charge >= 0.3 is 5.97 Å². The zero-order valence-corrected chi connectivity index (χ0v) is 14.9. The quantitative estimate of drug-likeness (QED) is 0.311. The fraction of sp³-hybridized carbons (Fsp3) is 0.158. The third-order valence-corrected chi connectivity index (χ3v) is 3.88. The van der Waals surface area contributed by atoms with Crippen LogP contribution in [0.15, 0.2) is 30.8 Å². The Morgan fingerprint density at radius 3 is 1.86 bits per heavy atom. The Hall–Kier alpha value is -3.30. The van der Waals surface area contributed by atoms with Gasteiger partial charge in [0.1, 0.15) is 11.4 Å². The number of carbonyl (C=O) groups is 2. The lowest BCUT2D eigenvalue weighted by Gasteiger charge is -2.17. The first kappa shape index (κ1) is 22.0. The second-order valence-corrected chi connectivity index (χ2v) is 5.83. The van der Waals surface area contributed by atoms with Crippen molar-refractivity contribution in [2.45, 2.75) is 12.8 Å². The predicted octanol–water partition coefficient (Wildman–Crippen LogP) is 4.55. The fourth-order valence-corrected chi connectivity index (χ4v) is 2.25. The number of halogens is 6. The van der Waals surface area contributed by atoms with E-state index in [0.29, 0.717) is 16.2 Å². The lowest BCUT2D eigenvalue weighted by atomic mass is 10.0. The van der Waals surface area contributed by atoms with E-state index in [1.807, 2.05) is 0 Å². The topological polar surface area (TPSA) is 46.6 Å². The van der Waals surface area contributed by atoms with E-state index in [1.165, 1.54) is 24.3 Å². The van der Waals surface area contributed by atoms with Crippen LogP contribution in [0.4, 0.5) is 26.3 Å². The van der Waals surface area contributed by atoms with Gasteiger partial charge in [0, 0.05) is 13.5 Å². The number of amides is 1. The first-order chi connectivity index (χ1) is 13.5. The number of carbonyl (C=O) groups excluding carboxylic acids is 2. The molecule has 0 atom stereocenters. The van der Waals surface area contributed by atoms with Gasteiger partial charge in [0.15, 0.2) is 23.3 Å². The average molecular weight is 417 g/mol. The minimum Gasteiger partial charge on any atom is -0.333 e. The van der Waals surface area contributed by atoms with E-state index < -0.39 is 52.3 Å². The van der Waals surface area contributed by atoms with E-state index >= 15 is 0 Å². The molecule has 0 spiro atoms. The summed E-state index contributed by atoms with van der Waals surface area (Å²) < 4.78 is 79.5. The molecule has 0 saturated heterocycles. The van der Waals surface area contributed by atoms with Crippen LogP contribution in [-0.2, 0) is 9.63 Å². The zero-order valence-electron chi connectivity index (χ0n) is 14.9. The molecule has 0 fully saturated rings. The SMILES string of the molecule is C=C(CCC(=O)N(C)OC(=O)c1c(F)c(F)c(F)c(F)c1F)c1ccc(F)cc1. The summed E-state index contributed by atoms with van der Waals surface area (Å²) in [5, 5.41) is 0.304. The summed E-state index contributed by atoms with van der Waals surface area (Å²) in [6.07, 6.45) is -0.202. The monoisotopic (exact) mass is 417 g/mol. The zero-order chi connectivity index (χ0) is 21.9. The first-order valence-corrected chi connectivity index (χ1v) is 7.98. The van der Waals surface area contributed by atoms with Gasteiger partial charge < -0.3 is 4.84 Å². The van der Waals surface area contributed by atoms with Crippen LogP contribution in [0.3, 0.4) is 0 Å². The molecule has 0 unspecified atom stereocenters. The lowest BCUT2D eigenvalue weighted by Crippen LogP contribution is -2.31. The summed E-state index contributed by atoms with van der Waals surface area (Å²) in [7, 11) is 0.924. The summed E-state index contributed by atoms with van der Waals surface area (Å²) in [5.74, 6) is -15.1. The van der Waals surface area contributed by atoms with Crippen molar-refractivity contribution in [3.63, 3.8) is 0 Å². The van der Waals surface area contributed by atoms with Gasteiger partial charge in [0.05, 0.1) is 0 Å². The Kier molecular flexibility index (Phi) is 6.68. The highest BCUT2D eigenvalue weighted by atomic mass is 19.2. The van der Waals surface area contributed by atoms with Gasteiger partial charge in [-0.2, -0.15) is 5.06 Å². The molecule has 2 rings (SSSR count). The molecule has 4 nitrogen and oxygen atoms in total. The largest absolute Gasteiger partial charge is 0.369 e.